The summed E-state index contributed by atoms with van der Waals surface area (Å²) in [4.78, 5) is 26.8. The summed E-state index contributed by atoms with van der Waals surface area (Å²) < 4.78 is 19.0. The van der Waals surface area contributed by atoms with Crippen LogP contribution in [-0.4, -0.2) is 69.2 Å². The van der Waals surface area contributed by atoms with Crippen molar-refractivity contribution in [1.29, 1.82) is 0 Å². The van der Waals surface area contributed by atoms with Crippen molar-refractivity contribution in [2.24, 2.45) is 11.1 Å². The van der Waals surface area contributed by atoms with E-state index in [9.17, 15) is 34.5 Å². The third-order valence-electron chi connectivity index (χ3n) is 9.17. The minimum Gasteiger partial charge on any atom is -0.388 e. The number of amides is 1. The van der Waals surface area contributed by atoms with Gasteiger partial charge in [-0.1, -0.05) is 85.8 Å². The Balaban J connectivity index is 0.00000239. The summed E-state index contributed by atoms with van der Waals surface area (Å²) >= 11 is 1.42. The average Bonchev–Trinajstić information content (AvgIpc) is 3.15. The van der Waals surface area contributed by atoms with Crippen LogP contribution in [0.3, 0.4) is 0 Å². The number of aliphatic hydroxyl groups is 4. The van der Waals surface area contributed by atoms with Crippen LogP contribution in [0.2, 0.25) is 0 Å². The first-order chi connectivity index (χ1) is 24.2. The molecule has 2 saturated heterocycles. The number of β-lactam (4-membered cyclic amide) rings is 1. The van der Waals surface area contributed by atoms with Crippen LogP contribution in [0.25, 0.3) is 11.1 Å². The molecule has 8 unspecified atom stereocenters. The van der Waals surface area contributed by atoms with Gasteiger partial charge in [-0.25, -0.2) is 4.39 Å². The summed E-state index contributed by atoms with van der Waals surface area (Å²) in [6.45, 7) is 3.68. The third-order valence-corrected chi connectivity index (χ3v) is 10.3. The molecule has 0 saturated carbocycles. The van der Waals surface area contributed by atoms with Crippen LogP contribution in [0.1, 0.15) is 50.0 Å². The van der Waals surface area contributed by atoms with Crippen molar-refractivity contribution in [1.82, 2.24) is 0 Å². The zero-order valence-electron chi connectivity index (χ0n) is 28.0. The highest BCUT2D eigenvalue weighted by atomic mass is 32.2. The Morgan fingerprint density at radius 2 is 1.42 bits per heavy atom. The molecule has 0 spiro atoms. The van der Waals surface area contributed by atoms with Crippen LogP contribution in [-0.2, 0) is 9.53 Å². The molecule has 0 bridgehead atoms. The Labute approximate surface area is 295 Å². The van der Waals surface area contributed by atoms with E-state index in [-0.39, 0.29) is 30.2 Å². The molecule has 4 N–H and O–H groups in total. The molecule has 11 heteroatoms. The van der Waals surface area contributed by atoms with E-state index in [2.05, 4.69) is 5.18 Å². The van der Waals surface area contributed by atoms with Gasteiger partial charge >= 0.3 is 0 Å². The number of anilines is 1. The highest BCUT2D eigenvalue weighted by Gasteiger charge is 2.48. The van der Waals surface area contributed by atoms with Crippen LogP contribution >= 0.6 is 11.8 Å². The maximum Gasteiger partial charge on any atom is 0.233 e. The number of carbonyl (C=O) groups is 1. The van der Waals surface area contributed by atoms with E-state index in [1.54, 1.807) is 17.0 Å². The van der Waals surface area contributed by atoms with Crippen molar-refractivity contribution in [2.75, 3.05) is 17.2 Å². The van der Waals surface area contributed by atoms with Crippen LogP contribution < -0.4 is 4.90 Å². The standard InChI is InChI=1S/C37H37FN2O7S.C2H6/c38-26-14-10-24(11-15-26)30(41)19-18-29-33(40(37(29)45)27-4-2-1-3-5-27)25-8-6-22(7-9-25)23-12-16-28(17-13-23)48-21-32-35(43)36(44)34(42)31(47-32)20-39-46;1-2/h1-17,29-36,41-44H,18-21H2;1-2H3. The smallest absolute Gasteiger partial charge is 0.233 e. The molecule has 2 aliphatic rings. The van der Waals surface area contributed by atoms with Gasteiger partial charge in [-0.15, -0.1) is 11.8 Å². The Morgan fingerprint density at radius 3 is 2.04 bits per heavy atom. The van der Waals surface area contributed by atoms with Crippen molar-refractivity contribution >= 4 is 23.4 Å². The van der Waals surface area contributed by atoms with Crippen LogP contribution in [0.5, 0.6) is 0 Å². The molecule has 0 radical (unpaired) electrons. The maximum atomic E-state index is 13.4. The molecular formula is C39H43FN2O7S. The first-order valence-electron chi connectivity index (χ1n) is 16.9. The highest BCUT2D eigenvalue weighted by Crippen LogP contribution is 2.46. The van der Waals surface area contributed by atoms with Gasteiger partial charge in [-0.2, -0.15) is 4.91 Å². The van der Waals surface area contributed by atoms with Crippen LogP contribution in [0, 0.1) is 16.6 Å². The van der Waals surface area contributed by atoms with Gasteiger partial charge in [0.2, 0.25) is 5.91 Å². The van der Waals surface area contributed by atoms with Crippen molar-refractivity contribution in [3.8, 4) is 11.1 Å². The number of carbonyl (C=O) groups excluding carboxylic acids is 1. The molecule has 0 aromatic heterocycles. The molecule has 0 aliphatic carbocycles. The summed E-state index contributed by atoms with van der Waals surface area (Å²) in [5, 5.41) is 44.1. The number of nitrogens with zero attached hydrogens (tertiary/aromatic N) is 2. The molecule has 2 fully saturated rings. The van der Waals surface area contributed by atoms with E-state index >= 15 is 0 Å². The van der Waals surface area contributed by atoms with Gasteiger partial charge in [-0.05, 0) is 71.5 Å². The fraction of sp³-hybridized carbons (Fsp3) is 0.359. The topological polar surface area (TPSA) is 140 Å². The largest absolute Gasteiger partial charge is 0.388 e. The summed E-state index contributed by atoms with van der Waals surface area (Å²) in [6, 6.07) is 31.1. The molecular weight excluding hydrogens is 660 g/mol. The summed E-state index contributed by atoms with van der Waals surface area (Å²) in [6.07, 6.45) is -5.82. The molecule has 8 atom stereocenters. The van der Waals surface area contributed by atoms with Gasteiger partial charge in [0.1, 0.15) is 36.8 Å². The number of nitroso groups, excluding NO2 is 1. The summed E-state index contributed by atoms with van der Waals surface area (Å²) in [5.74, 6) is -0.379. The molecule has 264 valence electrons. The lowest BCUT2D eigenvalue weighted by Crippen LogP contribution is -2.58. The Morgan fingerprint density at radius 1 is 0.820 bits per heavy atom. The molecule has 2 heterocycles. The molecule has 1 amide bonds. The first kappa shape index (κ1) is 37.3. The second kappa shape index (κ2) is 17.3. The number of benzene rings is 4. The number of para-hydroxylation sites is 1. The second-order valence-electron chi connectivity index (χ2n) is 12.2. The lowest BCUT2D eigenvalue weighted by Gasteiger charge is -2.48. The SMILES string of the molecule is CC.O=NCC1OC(CSc2ccc(-c3ccc(C4C(CCC(O)c5ccc(F)cc5)C(=O)N4c4ccccc4)cc3)cc2)C(O)C(O)C1O. The number of thioether (sulfide) groups is 1. The van der Waals surface area contributed by atoms with Crippen LogP contribution in [0.15, 0.2) is 113 Å². The van der Waals surface area contributed by atoms with E-state index in [1.807, 2.05) is 92.7 Å². The monoisotopic (exact) mass is 702 g/mol. The quantitative estimate of drug-likeness (QED) is 0.0751. The van der Waals surface area contributed by atoms with E-state index < -0.39 is 36.6 Å². The number of hydrogen-bond acceptors (Lipinski definition) is 9. The van der Waals surface area contributed by atoms with Crippen molar-refractivity contribution in [3.05, 3.63) is 125 Å². The van der Waals surface area contributed by atoms with Crippen molar-refractivity contribution in [2.45, 2.75) is 74.3 Å². The first-order valence-corrected chi connectivity index (χ1v) is 17.9. The van der Waals surface area contributed by atoms with Gasteiger partial charge in [0.15, 0.2) is 0 Å². The van der Waals surface area contributed by atoms with Crippen LogP contribution in [0.4, 0.5) is 10.1 Å². The number of rotatable bonds is 12. The second-order valence-corrected chi connectivity index (χ2v) is 13.3. The average molecular weight is 703 g/mol. The number of aliphatic hydroxyl groups excluding tert-OH is 4. The lowest BCUT2D eigenvalue weighted by molar-refractivity contribution is -0.212. The number of hydrogen-bond donors (Lipinski definition) is 4. The van der Waals surface area contributed by atoms with Gasteiger partial charge in [0, 0.05) is 16.3 Å². The van der Waals surface area contributed by atoms with Gasteiger partial charge in [0.25, 0.3) is 0 Å². The minimum atomic E-state index is -1.43. The molecule has 4 aromatic rings. The Kier molecular flexibility index (Phi) is 12.9. The van der Waals surface area contributed by atoms with E-state index in [4.69, 9.17) is 4.74 Å². The normalized spacial score (nSPS) is 25.2. The van der Waals surface area contributed by atoms with Gasteiger partial charge in [0.05, 0.1) is 24.2 Å². The zero-order chi connectivity index (χ0) is 35.8. The maximum absolute atomic E-state index is 13.4. The predicted molar refractivity (Wildman–Crippen MR) is 192 cm³/mol. The Hall–Kier alpha value is -3.97. The minimum absolute atomic E-state index is 0.00225. The molecule has 2 aliphatic heterocycles. The highest BCUT2D eigenvalue weighted by molar-refractivity contribution is 7.99. The van der Waals surface area contributed by atoms with Gasteiger partial charge in [-0.3, -0.25) is 4.79 Å². The van der Waals surface area contributed by atoms with Crippen molar-refractivity contribution in [3.63, 3.8) is 0 Å². The molecule has 6 rings (SSSR count). The van der Waals surface area contributed by atoms with E-state index in [1.165, 1.54) is 23.9 Å². The van der Waals surface area contributed by atoms with E-state index in [0.717, 1.165) is 27.3 Å². The zero-order valence-corrected chi connectivity index (χ0v) is 28.8. The molecule has 4 aromatic carbocycles. The third kappa shape index (κ3) is 8.31. The predicted octanol–water partition coefficient (Wildman–Crippen LogP) is 6.45. The molecule has 50 heavy (non-hydrogen) atoms. The Bertz CT molecular complexity index is 1680. The fourth-order valence-corrected chi connectivity index (χ4v) is 7.42. The number of ether oxygens (including phenoxy) is 1. The van der Waals surface area contributed by atoms with Crippen molar-refractivity contribution < 1.29 is 34.3 Å². The lowest BCUT2D eigenvalue weighted by atomic mass is 9.78. The summed E-state index contributed by atoms with van der Waals surface area (Å²) in [5.41, 5.74) is 4.39. The fourth-order valence-electron chi connectivity index (χ4n) is 6.46. The molecule has 9 nitrogen and oxygen atoms in total. The number of halogens is 1. The van der Waals surface area contributed by atoms with E-state index in [0.29, 0.717) is 24.2 Å². The van der Waals surface area contributed by atoms with Gasteiger partial charge < -0.3 is 30.1 Å². The summed E-state index contributed by atoms with van der Waals surface area (Å²) in [7, 11) is 0.